The molecule has 0 spiro atoms. The van der Waals surface area contributed by atoms with Crippen LogP contribution in [-0.4, -0.2) is 19.1 Å². The molecule has 1 saturated heterocycles. The van der Waals surface area contributed by atoms with E-state index in [0.29, 0.717) is 12.0 Å². The topological polar surface area (TPSA) is 15.3 Å². The molecule has 100 valence electrons. The summed E-state index contributed by atoms with van der Waals surface area (Å²) in [6.45, 7) is 9.27. The highest BCUT2D eigenvalue weighted by Crippen LogP contribution is 2.29. The van der Waals surface area contributed by atoms with Gasteiger partial charge in [0.15, 0.2) is 0 Å². The van der Waals surface area contributed by atoms with Crippen molar-refractivity contribution in [1.82, 2.24) is 0 Å². The minimum absolute atomic E-state index is 0.527. The Labute approximate surface area is 111 Å². The fourth-order valence-electron chi connectivity index (χ4n) is 2.57. The lowest BCUT2D eigenvalue weighted by Gasteiger charge is -2.26. The molecule has 0 radical (unpaired) electrons. The van der Waals surface area contributed by atoms with Crippen LogP contribution in [-0.2, 0) is 0 Å². The molecule has 2 unspecified atom stereocenters. The van der Waals surface area contributed by atoms with Crippen molar-refractivity contribution in [3.8, 4) is 0 Å². The van der Waals surface area contributed by atoms with Crippen LogP contribution in [0.3, 0.4) is 0 Å². The molecule has 0 aliphatic carbocycles. The van der Waals surface area contributed by atoms with Crippen LogP contribution < -0.4 is 10.2 Å². The minimum Gasteiger partial charge on any atom is -0.381 e. The molecule has 2 nitrogen and oxygen atoms in total. The van der Waals surface area contributed by atoms with Crippen molar-refractivity contribution in [3.05, 3.63) is 24.3 Å². The minimum atomic E-state index is 0.527. The normalized spacial score (nSPS) is 18.7. The van der Waals surface area contributed by atoms with E-state index in [4.69, 9.17) is 0 Å². The molecule has 1 aliphatic heterocycles. The Morgan fingerprint density at radius 2 is 1.83 bits per heavy atom. The predicted octanol–water partition coefficient (Wildman–Crippen LogP) is 4.13. The Hall–Kier alpha value is -1.18. The molecule has 2 atom stereocenters. The summed E-state index contributed by atoms with van der Waals surface area (Å²) in [5.41, 5.74) is 2.68. The SMILES string of the molecule is CCC(C)C(C)Nc1ccccc1N1CCCC1. The third kappa shape index (κ3) is 2.98. The lowest BCUT2D eigenvalue weighted by atomic mass is 10.0. The highest BCUT2D eigenvalue weighted by atomic mass is 15.2. The molecule has 1 heterocycles. The smallest absolute Gasteiger partial charge is 0.0602 e. The number of para-hydroxylation sites is 2. The van der Waals surface area contributed by atoms with Crippen LogP contribution in [0.4, 0.5) is 11.4 Å². The van der Waals surface area contributed by atoms with E-state index in [0.717, 1.165) is 0 Å². The van der Waals surface area contributed by atoms with Gasteiger partial charge in [-0.05, 0) is 37.8 Å². The Morgan fingerprint density at radius 3 is 2.50 bits per heavy atom. The first-order chi connectivity index (χ1) is 8.72. The van der Waals surface area contributed by atoms with Gasteiger partial charge in [-0.15, -0.1) is 0 Å². The summed E-state index contributed by atoms with van der Waals surface area (Å²) in [5, 5.41) is 3.70. The summed E-state index contributed by atoms with van der Waals surface area (Å²) in [7, 11) is 0. The van der Waals surface area contributed by atoms with Gasteiger partial charge in [0, 0.05) is 19.1 Å². The Kier molecular flexibility index (Phi) is 4.51. The van der Waals surface area contributed by atoms with E-state index in [1.165, 1.54) is 43.7 Å². The maximum atomic E-state index is 3.70. The number of nitrogens with zero attached hydrogens (tertiary/aromatic N) is 1. The second-order valence-electron chi connectivity index (χ2n) is 5.53. The molecule has 2 heteroatoms. The van der Waals surface area contributed by atoms with Gasteiger partial charge in [0.1, 0.15) is 0 Å². The summed E-state index contributed by atoms with van der Waals surface area (Å²) < 4.78 is 0. The summed E-state index contributed by atoms with van der Waals surface area (Å²) in [5.74, 6) is 0.705. The van der Waals surface area contributed by atoms with E-state index in [1.807, 2.05) is 0 Å². The standard InChI is InChI=1S/C16H26N2/c1-4-13(2)14(3)17-15-9-5-6-10-16(15)18-11-7-8-12-18/h5-6,9-10,13-14,17H,4,7-8,11-12H2,1-3H3. The average Bonchev–Trinajstić information content (AvgIpc) is 2.92. The van der Waals surface area contributed by atoms with Gasteiger partial charge in [-0.3, -0.25) is 0 Å². The van der Waals surface area contributed by atoms with Crippen LogP contribution in [0.1, 0.15) is 40.0 Å². The van der Waals surface area contributed by atoms with Crippen LogP contribution in [0.2, 0.25) is 0 Å². The van der Waals surface area contributed by atoms with Crippen LogP contribution in [0, 0.1) is 5.92 Å². The highest BCUT2D eigenvalue weighted by Gasteiger charge is 2.17. The van der Waals surface area contributed by atoms with Gasteiger partial charge in [0.25, 0.3) is 0 Å². The van der Waals surface area contributed by atoms with Crippen LogP contribution >= 0.6 is 0 Å². The summed E-state index contributed by atoms with van der Waals surface area (Å²) in [4.78, 5) is 2.51. The van der Waals surface area contributed by atoms with E-state index in [2.05, 4.69) is 55.3 Å². The second-order valence-corrected chi connectivity index (χ2v) is 5.53. The fourth-order valence-corrected chi connectivity index (χ4v) is 2.57. The van der Waals surface area contributed by atoms with Gasteiger partial charge < -0.3 is 10.2 Å². The number of nitrogens with one attached hydrogen (secondary N) is 1. The number of benzene rings is 1. The fraction of sp³-hybridized carbons (Fsp3) is 0.625. The summed E-state index contributed by atoms with van der Waals surface area (Å²) in [6.07, 6.45) is 3.88. The van der Waals surface area contributed by atoms with Crippen molar-refractivity contribution in [1.29, 1.82) is 0 Å². The number of hydrogen-bond acceptors (Lipinski definition) is 2. The summed E-state index contributed by atoms with van der Waals surface area (Å²) >= 11 is 0. The highest BCUT2D eigenvalue weighted by molar-refractivity contribution is 5.70. The Balaban J connectivity index is 2.12. The monoisotopic (exact) mass is 246 g/mol. The Bertz CT molecular complexity index is 369. The second kappa shape index (κ2) is 6.12. The molecule has 18 heavy (non-hydrogen) atoms. The van der Waals surface area contributed by atoms with E-state index in [1.54, 1.807) is 0 Å². The van der Waals surface area contributed by atoms with Gasteiger partial charge in [-0.25, -0.2) is 0 Å². The first-order valence-corrected chi connectivity index (χ1v) is 7.33. The molecule has 0 amide bonds. The van der Waals surface area contributed by atoms with Crippen molar-refractivity contribution in [2.45, 2.75) is 46.1 Å². The average molecular weight is 246 g/mol. The quantitative estimate of drug-likeness (QED) is 0.840. The van der Waals surface area contributed by atoms with E-state index in [-0.39, 0.29) is 0 Å². The number of hydrogen-bond donors (Lipinski definition) is 1. The molecule has 0 aromatic heterocycles. The molecule has 1 N–H and O–H groups in total. The van der Waals surface area contributed by atoms with Crippen molar-refractivity contribution in [2.75, 3.05) is 23.3 Å². The van der Waals surface area contributed by atoms with Gasteiger partial charge in [0.2, 0.25) is 0 Å². The zero-order valence-corrected chi connectivity index (χ0v) is 11.9. The predicted molar refractivity (Wildman–Crippen MR) is 80.4 cm³/mol. The van der Waals surface area contributed by atoms with Crippen LogP contribution in [0.15, 0.2) is 24.3 Å². The molecule has 2 rings (SSSR count). The molecule has 1 aromatic carbocycles. The largest absolute Gasteiger partial charge is 0.381 e. The maximum absolute atomic E-state index is 3.70. The zero-order chi connectivity index (χ0) is 13.0. The lowest BCUT2D eigenvalue weighted by molar-refractivity contribution is 0.494. The lowest BCUT2D eigenvalue weighted by Crippen LogP contribution is -2.26. The molecule has 1 fully saturated rings. The Morgan fingerprint density at radius 1 is 1.17 bits per heavy atom. The van der Waals surface area contributed by atoms with Crippen molar-refractivity contribution >= 4 is 11.4 Å². The maximum Gasteiger partial charge on any atom is 0.0602 e. The molecule has 0 saturated carbocycles. The van der Waals surface area contributed by atoms with Gasteiger partial charge >= 0.3 is 0 Å². The zero-order valence-electron chi connectivity index (χ0n) is 11.9. The van der Waals surface area contributed by atoms with E-state index < -0.39 is 0 Å². The molecule has 0 bridgehead atoms. The van der Waals surface area contributed by atoms with Crippen molar-refractivity contribution in [2.24, 2.45) is 5.92 Å². The number of rotatable bonds is 5. The van der Waals surface area contributed by atoms with Gasteiger partial charge in [-0.2, -0.15) is 0 Å². The van der Waals surface area contributed by atoms with Crippen LogP contribution in [0.5, 0.6) is 0 Å². The first-order valence-electron chi connectivity index (χ1n) is 7.33. The molecular formula is C16H26N2. The van der Waals surface area contributed by atoms with Gasteiger partial charge in [0.05, 0.1) is 11.4 Å². The van der Waals surface area contributed by atoms with Gasteiger partial charge in [-0.1, -0.05) is 32.4 Å². The van der Waals surface area contributed by atoms with Crippen LogP contribution in [0.25, 0.3) is 0 Å². The first kappa shape index (κ1) is 13.3. The third-order valence-corrected chi connectivity index (χ3v) is 4.23. The summed E-state index contributed by atoms with van der Waals surface area (Å²) in [6, 6.07) is 9.26. The number of anilines is 2. The van der Waals surface area contributed by atoms with Crippen molar-refractivity contribution in [3.63, 3.8) is 0 Å². The molecular weight excluding hydrogens is 220 g/mol. The van der Waals surface area contributed by atoms with E-state index in [9.17, 15) is 0 Å². The van der Waals surface area contributed by atoms with Crippen molar-refractivity contribution < 1.29 is 0 Å². The molecule has 1 aliphatic rings. The third-order valence-electron chi connectivity index (χ3n) is 4.23. The molecule has 1 aromatic rings. The van der Waals surface area contributed by atoms with E-state index >= 15 is 0 Å².